The third-order valence-electron chi connectivity index (χ3n) is 5.06. The van der Waals surface area contributed by atoms with Crippen molar-refractivity contribution >= 4 is 22.8 Å². The normalized spacial score (nSPS) is 18.0. The van der Waals surface area contributed by atoms with Crippen LogP contribution >= 0.6 is 0 Å². The first-order chi connectivity index (χ1) is 13.4. The van der Waals surface area contributed by atoms with Gasteiger partial charge in [0.05, 0.1) is 24.9 Å². The Kier molecular flexibility index (Phi) is 4.98. The van der Waals surface area contributed by atoms with Crippen LogP contribution < -0.4 is 0 Å². The van der Waals surface area contributed by atoms with Gasteiger partial charge in [-0.1, -0.05) is 18.2 Å². The predicted octanol–water partition coefficient (Wildman–Crippen LogP) is 4.16. The third kappa shape index (κ3) is 3.97. The van der Waals surface area contributed by atoms with Gasteiger partial charge in [0.15, 0.2) is 0 Å². The number of aromatic nitrogens is 2. The van der Waals surface area contributed by atoms with Crippen LogP contribution in [0.2, 0.25) is 0 Å². The number of hydrogen-bond acceptors (Lipinski definition) is 4. The Morgan fingerprint density at radius 2 is 2.04 bits per heavy atom. The van der Waals surface area contributed by atoms with Gasteiger partial charge in [-0.05, 0) is 56.4 Å². The smallest absolute Gasteiger partial charge is 0.410 e. The highest BCUT2D eigenvalue weighted by atomic mass is 16.6. The number of carbonyl (C=O) groups is 1. The monoisotopic (exact) mass is 381 g/mol. The Morgan fingerprint density at radius 3 is 2.71 bits per heavy atom. The summed E-state index contributed by atoms with van der Waals surface area (Å²) in [6.07, 6.45) is 9.75. The van der Waals surface area contributed by atoms with Gasteiger partial charge in [-0.3, -0.25) is 0 Å². The topological polar surface area (TPSA) is 56.1 Å². The van der Waals surface area contributed by atoms with E-state index in [4.69, 9.17) is 9.47 Å². The molecule has 4 rings (SSSR count). The fourth-order valence-electron chi connectivity index (χ4n) is 3.62. The summed E-state index contributed by atoms with van der Waals surface area (Å²) in [5.74, 6) is 0. The number of fused-ring (bicyclic) bond motifs is 1. The van der Waals surface area contributed by atoms with Crippen LogP contribution in [0, 0.1) is 0 Å². The Labute approximate surface area is 165 Å². The molecule has 0 saturated carbocycles. The maximum Gasteiger partial charge on any atom is 0.410 e. The lowest BCUT2D eigenvalue weighted by atomic mass is 9.99. The standard InChI is InChI=1S/C22H27N3O3/c1-22(2,3)28-21(26)24-10-6-17(7-11-24)19-14-23-25-15-18(4-5-20(19)25)16-8-12-27-13-9-16/h4-6,8,14-15H,7,9-13H2,1-3H3. The van der Waals surface area contributed by atoms with Crippen LogP contribution in [0.4, 0.5) is 4.79 Å². The van der Waals surface area contributed by atoms with Gasteiger partial charge in [0, 0.05) is 24.8 Å². The van der Waals surface area contributed by atoms with E-state index in [2.05, 4.69) is 35.6 Å². The average molecular weight is 381 g/mol. The molecule has 0 spiro atoms. The van der Waals surface area contributed by atoms with E-state index < -0.39 is 5.60 Å². The second-order valence-corrected chi connectivity index (χ2v) is 8.27. The molecule has 0 aromatic carbocycles. The van der Waals surface area contributed by atoms with Crippen LogP contribution in [0.1, 0.15) is 44.7 Å². The minimum absolute atomic E-state index is 0.253. The second kappa shape index (κ2) is 7.43. The van der Waals surface area contributed by atoms with E-state index in [-0.39, 0.29) is 6.09 Å². The molecule has 0 saturated heterocycles. The lowest BCUT2D eigenvalue weighted by molar-refractivity contribution is 0.0270. The van der Waals surface area contributed by atoms with Crippen LogP contribution in [-0.4, -0.2) is 52.5 Å². The molecule has 2 aromatic rings. The van der Waals surface area contributed by atoms with Crippen molar-refractivity contribution in [3.63, 3.8) is 0 Å². The fraction of sp³-hybridized carbons (Fsp3) is 0.455. The molecule has 0 bridgehead atoms. The van der Waals surface area contributed by atoms with Crippen LogP contribution in [0.25, 0.3) is 16.7 Å². The van der Waals surface area contributed by atoms with Crippen molar-refractivity contribution in [2.24, 2.45) is 0 Å². The molecule has 148 valence electrons. The van der Waals surface area contributed by atoms with Crippen LogP contribution in [0.15, 0.2) is 36.7 Å². The van der Waals surface area contributed by atoms with E-state index in [1.165, 1.54) is 16.7 Å². The van der Waals surface area contributed by atoms with Gasteiger partial charge >= 0.3 is 6.09 Å². The lowest BCUT2D eigenvalue weighted by Crippen LogP contribution is -2.39. The van der Waals surface area contributed by atoms with Gasteiger partial charge in [0.2, 0.25) is 0 Å². The average Bonchev–Trinajstić information content (AvgIpc) is 3.11. The Morgan fingerprint density at radius 1 is 1.18 bits per heavy atom. The van der Waals surface area contributed by atoms with Crippen molar-refractivity contribution in [1.82, 2.24) is 14.5 Å². The molecule has 6 nitrogen and oxygen atoms in total. The van der Waals surface area contributed by atoms with Crippen LogP contribution in [0.3, 0.4) is 0 Å². The Bertz CT molecular complexity index is 950. The number of pyridine rings is 1. The SMILES string of the molecule is CC(C)(C)OC(=O)N1CC=C(c2cnn3cc(C4=CCOCC4)ccc23)CC1. The van der Waals surface area contributed by atoms with E-state index in [0.29, 0.717) is 19.7 Å². The summed E-state index contributed by atoms with van der Waals surface area (Å²) < 4.78 is 12.8. The van der Waals surface area contributed by atoms with Crippen LogP contribution in [0.5, 0.6) is 0 Å². The maximum atomic E-state index is 12.3. The molecular formula is C22H27N3O3. The summed E-state index contributed by atoms with van der Waals surface area (Å²) in [6.45, 7) is 8.34. The number of nitrogens with zero attached hydrogens (tertiary/aromatic N) is 3. The van der Waals surface area contributed by atoms with E-state index in [1.807, 2.05) is 31.5 Å². The van der Waals surface area contributed by atoms with Gasteiger partial charge < -0.3 is 14.4 Å². The van der Waals surface area contributed by atoms with E-state index in [1.54, 1.807) is 4.90 Å². The zero-order valence-electron chi connectivity index (χ0n) is 16.8. The first-order valence-electron chi connectivity index (χ1n) is 9.82. The first-order valence-corrected chi connectivity index (χ1v) is 9.82. The molecule has 2 aromatic heterocycles. The maximum absolute atomic E-state index is 12.3. The minimum atomic E-state index is -0.471. The molecule has 0 radical (unpaired) electrons. The number of ether oxygens (including phenoxy) is 2. The highest BCUT2D eigenvalue weighted by Gasteiger charge is 2.24. The highest BCUT2D eigenvalue weighted by molar-refractivity contribution is 5.80. The Balaban J connectivity index is 1.52. The van der Waals surface area contributed by atoms with Gasteiger partial charge in [-0.25, -0.2) is 9.31 Å². The number of carbonyl (C=O) groups excluding carboxylic acids is 1. The van der Waals surface area contributed by atoms with Crippen molar-refractivity contribution in [3.05, 3.63) is 47.8 Å². The molecule has 2 aliphatic rings. The van der Waals surface area contributed by atoms with Crippen molar-refractivity contribution in [3.8, 4) is 0 Å². The molecule has 1 amide bonds. The quantitative estimate of drug-likeness (QED) is 0.784. The molecule has 0 atom stereocenters. The predicted molar refractivity (Wildman–Crippen MR) is 109 cm³/mol. The van der Waals surface area contributed by atoms with Crippen LogP contribution in [-0.2, 0) is 9.47 Å². The van der Waals surface area contributed by atoms with Crippen molar-refractivity contribution in [2.75, 3.05) is 26.3 Å². The van der Waals surface area contributed by atoms with Crippen molar-refractivity contribution < 1.29 is 14.3 Å². The summed E-state index contributed by atoms with van der Waals surface area (Å²) in [7, 11) is 0. The third-order valence-corrected chi connectivity index (χ3v) is 5.06. The molecule has 2 aliphatic heterocycles. The van der Waals surface area contributed by atoms with Crippen molar-refractivity contribution in [1.29, 1.82) is 0 Å². The van der Waals surface area contributed by atoms with Gasteiger partial charge in [0.1, 0.15) is 5.60 Å². The first kappa shape index (κ1) is 18.7. The number of rotatable bonds is 2. The molecule has 0 aliphatic carbocycles. The number of amides is 1. The minimum Gasteiger partial charge on any atom is -0.444 e. The zero-order chi connectivity index (χ0) is 19.7. The Hall–Kier alpha value is -2.60. The van der Waals surface area contributed by atoms with E-state index >= 15 is 0 Å². The molecule has 28 heavy (non-hydrogen) atoms. The van der Waals surface area contributed by atoms with E-state index in [0.717, 1.165) is 30.5 Å². The zero-order valence-corrected chi connectivity index (χ0v) is 16.8. The van der Waals surface area contributed by atoms with Gasteiger partial charge in [-0.2, -0.15) is 5.10 Å². The summed E-state index contributed by atoms with van der Waals surface area (Å²) in [4.78, 5) is 14.0. The second-order valence-electron chi connectivity index (χ2n) is 8.27. The molecule has 0 unspecified atom stereocenters. The summed E-state index contributed by atoms with van der Waals surface area (Å²) in [5, 5.41) is 4.56. The van der Waals surface area contributed by atoms with Crippen molar-refractivity contribution in [2.45, 2.75) is 39.2 Å². The summed E-state index contributed by atoms with van der Waals surface area (Å²) in [6, 6.07) is 4.29. The highest BCUT2D eigenvalue weighted by Crippen LogP contribution is 2.28. The molecular weight excluding hydrogens is 354 g/mol. The molecule has 6 heteroatoms. The molecule has 4 heterocycles. The fourth-order valence-corrected chi connectivity index (χ4v) is 3.62. The molecule has 0 N–H and O–H groups in total. The van der Waals surface area contributed by atoms with Gasteiger partial charge in [-0.15, -0.1) is 0 Å². The molecule has 0 fully saturated rings. The van der Waals surface area contributed by atoms with E-state index in [9.17, 15) is 4.79 Å². The lowest BCUT2D eigenvalue weighted by Gasteiger charge is -2.29. The summed E-state index contributed by atoms with van der Waals surface area (Å²) in [5.41, 5.74) is 5.49. The van der Waals surface area contributed by atoms with Gasteiger partial charge in [0.25, 0.3) is 0 Å². The summed E-state index contributed by atoms with van der Waals surface area (Å²) >= 11 is 0. The largest absolute Gasteiger partial charge is 0.444 e. The number of hydrogen-bond donors (Lipinski definition) is 0.